The molecule has 1 aromatic rings. The number of quaternary nitrogens is 1. The summed E-state index contributed by atoms with van der Waals surface area (Å²) < 4.78 is 5.49. The van der Waals surface area contributed by atoms with Gasteiger partial charge in [0, 0.05) is 18.2 Å². The standard InChI is InChI=1S/C11H12ClN2O/c1-14(7-3-6-13-14)9-4-5-11(15-2)10(12)8-9/h3-8H,1-2H3/q+1. The zero-order valence-electron chi connectivity index (χ0n) is 8.64. The summed E-state index contributed by atoms with van der Waals surface area (Å²) in [4.78, 5) is 0. The number of hydrogen-bond donors (Lipinski definition) is 0. The monoisotopic (exact) mass is 223 g/mol. The molecule has 78 valence electrons. The Balaban J connectivity index is 2.42. The summed E-state index contributed by atoms with van der Waals surface area (Å²) in [5, 5.41) is 4.94. The first-order valence-electron chi connectivity index (χ1n) is 4.59. The first kappa shape index (κ1) is 10.2. The Morgan fingerprint density at radius 3 is 2.73 bits per heavy atom. The van der Waals surface area contributed by atoms with Crippen molar-refractivity contribution in [3.8, 4) is 5.75 Å². The minimum absolute atomic E-state index is 0.393. The maximum atomic E-state index is 6.06. The molecule has 0 aliphatic carbocycles. The predicted molar refractivity (Wildman–Crippen MR) is 63.4 cm³/mol. The van der Waals surface area contributed by atoms with Gasteiger partial charge in [-0.05, 0) is 6.07 Å². The number of benzene rings is 1. The van der Waals surface area contributed by atoms with E-state index in [2.05, 4.69) is 5.10 Å². The van der Waals surface area contributed by atoms with Gasteiger partial charge in [-0.2, -0.15) is 0 Å². The molecule has 0 radical (unpaired) electrons. The lowest BCUT2D eigenvalue weighted by molar-refractivity contribution is 0.414. The second-order valence-corrected chi connectivity index (χ2v) is 3.86. The van der Waals surface area contributed by atoms with Crippen molar-refractivity contribution in [3.63, 3.8) is 0 Å². The van der Waals surface area contributed by atoms with Crippen LogP contribution >= 0.6 is 11.6 Å². The van der Waals surface area contributed by atoms with Gasteiger partial charge < -0.3 is 4.74 Å². The summed E-state index contributed by atoms with van der Waals surface area (Å²) in [6.45, 7) is 0. The smallest absolute Gasteiger partial charge is 0.165 e. The number of rotatable bonds is 2. The van der Waals surface area contributed by atoms with E-state index in [0.29, 0.717) is 15.4 Å². The molecule has 0 aromatic heterocycles. The number of methoxy groups -OCH3 is 1. The third-order valence-corrected chi connectivity index (χ3v) is 2.72. The van der Waals surface area contributed by atoms with Gasteiger partial charge in [-0.3, -0.25) is 0 Å². The molecule has 3 nitrogen and oxygen atoms in total. The highest BCUT2D eigenvalue weighted by Crippen LogP contribution is 2.32. The fourth-order valence-corrected chi connectivity index (χ4v) is 1.76. The molecule has 1 aliphatic rings. The molecule has 1 atom stereocenters. The molecule has 0 N–H and O–H groups in total. The van der Waals surface area contributed by atoms with Crippen LogP contribution in [0.5, 0.6) is 5.75 Å². The molecule has 4 heteroatoms. The van der Waals surface area contributed by atoms with E-state index < -0.39 is 0 Å². The number of nitrogens with zero attached hydrogens (tertiary/aromatic N) is 2. The van der Waals surface area contributed by atoms with Gasteiger partial charge in [-0.1, -0.05) is 16.7 Å². The number of ether oxygens (including phenoxy) is 1. The maximum Gasteiger partial charge on any atom is 0.165 e. The molecule has 2 rings (SSSR count). The Morgan fingerprint density at radius 1 is 1.40 bits per heavy atom. The Labute approximate surface area is 93.8 Å². The van der Waals surface area contributed by atoms with Crippen LogP contribution in [-0.2, 0) is 0 Å². The predicted octanol–water partition coefficient (Wildman–Crippen LogP) is 2.80. The van der Waals surface area contributed by atoms with E-state index in [-0.39, 0.29) is 0 Å². The van der Waals surface area contributed by atoms with Crippen LogP contribution in [-0.4, -0.2) is 20.4 Å². The topological polar surface area (TPSA) is 21.6 Å². The first-order chi connectivity index (χ1) is 7.15. The van der Waals surface area contributed by atoms with Crippen LogP contribution in [0.3, 0.4) is 0 Å². The molecule has 1 aromatic carbocycles. The zero-order chi connectivity index (χ0) is 10.9. The minimum Gasteiger partial charge on any atom is -0.495 e. The van der Waals surface area contributed by atoms with E-state index in [1.54, 1.807) is 13.3 Å². The van der Waals surface area contributed by atoms with Crippen molar-refractivity contribution in [1.82, 2.24) is 4.59 Å². The summed E-state index contributed by atoms with van der Waals surface area (Å²) >= 11 is 6.06. The molecule has 0 bridgehead atoms. The molecule has 0 amide bonds. The van der Waals surface area contributed by atoms with Gasteiger partial charge in [-0.15, -0.1) is 4.59 Å². The van der Waals surface area contributed by atoms with E-state index in [1.807, 2.05) is 37.5 Å². The molecular formula is C11H12ClN2O+. The van der Waals surface area contributed by atoms with Crippen LogP contribution in [0, 0.1) is 0 Å². The summed E-state index contributed by atoms with van der Waals surface area (Å²) in [5.41, 5.74) is 1.01. The van der Waals surface area contributed by atoms with Gasteiger partial charge in [0.15, 0.2) is 5.69 Å². The average Bonchev–Trinajstić information content (AvgIpc) is 2.66. The maximum absolute atomic E-state index is 6.06. The molecule has 1 unspecified atom stereocenters. The normalized spacial score (nSPS) is 23.4. The molecule has 1 heterocycles. The minimum atomic E-state index is 0.393. The Kier molecular flexibility index (Phi) is 2.50. The molecule has 1 aliphatic heterocycles. The second kappa shape index (κ2) is 3.68. The third-order valence-electron chi connectivity index (χ3n) is 2.43. The molecular weight excluding hydrogens is 212 g/mol. The number of hydrogen-bond acceptors (Lipinski definition) is 2. The van der Waals surface area contributed by atoms with Gasteiger partial charge in [0.1, 0.15) is 19.0 Å². The summed E-state index contributed by atoms with van der Waals surface area (Å²) in [5.74, 6) is 0.680. The second-order valence-electron chi connectivity index (χ2n) is 3.45. The highest BCUT2D eigenvalue weighted by molar-refractivity contribution is 6.32. The largest absolute Gasteiger partial charge is 0.495 e. The van der Waals surface area contributed by atoms with Crippen molar-refractivity contribution in [2.75, 3.05) is 14.2 Å². The van der Waals surface area contributed by atoms with Crippen LogP contribution in [0.15, 0.2) is 35.6 Å². The van der Waals surface area contributed by atoms with Crippen molar-refractivity contribution in [2.24, 2.45) is 5.10 Å². The Morgan fingerprint density at radius 2 is 2.20 bits per heavy atom. The number of allylic oxidation sites excluding steroid dienone is 1. The average molecular weight is 224 g/mol. The van der Waals surface area contributed by atoms with Crippen molar-refractivity contribution in [1.29, 1.82) is 0 Å². The lowest BCUT2D eigenvalue weighted by Gasteiger charge is -2.20. The summed E-state index contributed by atoms with van der Waals surface area (Å²) in [6.07, 6.45) is 5.68. The fourth-order valence-electron chi connectivity index (χ4n) is 1.51. The molecule has 0 spiro atoms. The first-order valence-corrected chi connectivity index (χ1v) is 4.97. The fraction of sp³-hybridized carbons (Fsp3) is 0.182. The Hall–Kier alpha value is -1.32. The SMILES string of the molecule is COc1ccc([N+]2(C)C=CC=N2)cc1Cl. The van der Waals surface area contributed by atoms with Crippen LogP contribution in [0.25, 0.3) is 0 Å². The highest BCUT2D eigenvalue weighted by atomic mass is 35.5. The number of halogens is 1. The van der Waals surface area contributed by atoms with Crippen molar-refractivity contribution in [2.45, 2.75) is 0 Å². The van der Waals surface area contributed by atoms with Gasteiger partial charge >= 0.3 is 0 Å². The van der Waals surface area contributed by atoms with E-state index in [0.717, 1.165) is 5.69 Å². The summed E-state index contributed by atoms with van der Waals surface area (Å²) in [6, 6.07) is 5.67. The zero-order valence-corrected chi connectivity index (χ0v) is 9.40. The van der Waals surface area contributed by atoms with Crippen LogP contribution in [0.2, 0.25) is 5.02 Å². The third kappa shape index (κ3) is 1.76. The van der Waals surface area contributed by atoms with E-state index in [9.17, 15) is 0 Å². The molecule has 0 fully saturated rings. The van der Waals surface area contributed by atoms with Crippen molar-refractivity contribution >= 4 is 23.5 Å². The van der Waals surface area contributed by atoms with E-state index >= 15 is 0 Å². The quantitative estimate of drug-likeness (QED) is 0.707. The highest BCUT2D eigenvalue weighted by Gasteiger charge is 2.25. The molecule has 15 heavy (non-hydrogen) atoms. The molecule has 0 saturated carbocycles. The Bertz CT molecular complexity index is 428. The van der Waals surface area contributed by atoms with Gasteiger partial charge in [0.05, 0.1) is 18.3 Å². The van der Waals surface area contributed by atoms with E-state index in [4.69, 9.17) is 16.3 Å². The van der Waals surface area contributed by atoms with Crippen molar-refractivity contribution in [3.05, 3.63) is 35.5 Å². The van der Waals surface area contributed by atoms with Crippen LogP contribution < -0.4 is 9.33 Å². The van der Waals surface area contributed by atoms with Crippen molar-refractivity contribution < 1.29 is 4.74 Å². The van der Waals surface area contributed by atoms with Gasteiger partial charge in [-0.25, -0.2) is 0 Å². The van der Waals surface area contributed by atoms with Gasteiger partial charge in [0.2, 0.25) is 0 Å². The lowest BCUT2D eigenvalue weighted by atomic mass is 10.3. The van der Waals surface area contributed by atoms with Gasteiger partial charge in [0.25, 0.3) is 0 Å². The molecule has 0 saturated heterocycles. The lowest BCUT2D eigenvalue weighted by Crippen LogP contribution is -2.30. The summed E-state index contributed by atoms with van der Waals surface area (Å²) in [7, 11) is 3.59. The van der Waals surface area contributed by atoms with E-state index in [1.165, 1.54) is 0 Å². The van der Waals surface area contributed by atoms with Crippen LogP contribution in [0.4, 0.5) is 5.69 Å². The van der Waals surface area contributed by atoms with Crippen LogP contribution in [0.1, 0.15) is 0 Å².